The molecule has 2 aromatic rings. The summed E-state index contributed by atoms with van der Waals surface area (Å²) in [5, 5.41) is 5.45. The van der Waals surface area contributed by atoms with Gasteiger partial charge in [-0.05, 0) is 24.8 Å². The van der Waals surface area contributed by atoms with E-state index in [0.717, 1.165) is 43.6 Å². The molecule has 192 valence electrons. The molecule has 0 radical (unpaired) electrons. The number of allylic oxidation sites excluding steroid dienone is 1. The Morgan fingerprint density at radius 3 is 2.43 bits per heavy atom. The van der Waals surface area contributed by atoms with Crippen LogP contribution in [0.3, 0.4) is 0 Å². The second-order valence-corrected chi connectivity index (χ2v) is 9.23. The van der Waals surface area contributed by atoms with Crippen LogP contribution in [0.15, 0.2) is 17.3 Å². The van der Waals surface area contributed by atoms with Crippen LogP contribution >= 0.6 is 22.9 Å². The summed E-state index contributed by atoms with van der Waals surface area (Å²) in [5.74, 6) is -7.29. The van der Waals surface area contributed by atoms with Gasteiger partial charge in [-0.3, -0.25) is 4.79 Å². The standard InChI is InChI=1S/C19H16ClF8N5OS/c1-33-15(12(18(23,24)25)13(32-33)17(21,22)19(26,27)28)30-7-9(5-29)11-4-10(14(20)35-11)16(34)31-6-8-2-3-8/h4-5,7-8H,2-3,6,29H2,1H3,(H,31,34). The van der Waals surface area contributed by atoms with Gasteiger partial charge >= 0.3 is 18.3 Å². The lowest BCUT2D eigenvalue weighted by molar-refractivity contribution is -0.292. The number of halogens is 9. The summed E-state index contributed by atoms with van der Waals surface area (Å²) < 4.78 is 107. The van der Waals surface area contributed by atoms with E-state index in [-0.39, 0.29) is 25.0 Å². The zero-order valence-electron chi connectivity index (χ0n) is 17.6. The van der Waals surface area contributed by atoms with Crippen LogP contribution in [0, 0.1) is 5.92 Å². The highest BCUT2D eigenvalue weighted by molar-refractivity contribution is 7.17. The van der Waals surface area contributed by atoms with Crippen LogP contribution < -0.4 is 11.1 Å². The first kappa shape index (κ1) is 26.9. The van der Waals surface area contributed by atoms with Gasteiger partial charge in [-0.1, -0.05) is 11.6 Å². The molecule has 0 bridgehead atoms. The van der Waals surface area contributed by atoms with Crippen molar-refractivity contribution in [2.45, 2.75) is 31.1 Å². The summed E-state index contributed by atoms with van der Waals surface area (Å²) >= 11 is 6.93. The average molecular weight is 550 g/mol. The van der Waals surface area contributed by atoms with E-state index in [1.807, 2.05) is 0 Å². The summed E-state index contributed by atoms with van der Waals surface area (Å²) in [4.78, 5) is 16.0. The van der Waals surface area contributed by atoms with Crippen molar-refractivity contribution in [3.05, 3.63) is 38.3 Å². The van der Waals surface area contributed by atoms with Crippen molar-refractivity contribution in [1.82, 2.24) is 15.1 Å². The minimum atomic E-state index is -6.32. The van der Waals surface area contributed by atoms with Gasteiger partial charge < -0.3 is 11.1 Å². The predicted molar refractivity (Wildman–Crippen MR) is 113 cm³/mol. The molecule has 0 saturated heterocycles. The maximum absolute atomic E-state index is 13.8. The molecule has 0 spiro atoms. The Balaban J connectivity index is 1.97. The fourth-order valence-corrected chi connectivity index (χ4v) is 4.18. The quantitative estimate of drug-likeness (QED) is 0.346. The molecule has 2 aromatic heterocycles. The Bertz CT molecular complexity index is 1180. The molecule has 1 saturated carbocycles. The number of amides is 1. The van der Waals surface area contributed by atoms with Crippen LogP contribution in [0.1, 0.15) is 39.3 Å². The molecule has 1 amide bonds. The van der Waals surface area contributed by atoms with Crippen molar-refractivity contribution < 1.29 is 39.9 Å². The van der Waals surface area contributed by atoms with Gasteiger partial charge in [0.05, 0.1) is 5.56 Å². The lowest BCUT2D eigenvalue weighted by atomic mass is 10.1. The van der Waals surface area contributed by atoms with Gasteiger partial charge in [0.25, 0.3) is 5.91 Å². The van der Waals surface area contributed by atoms with E-state index >= 15 is 0 Å². The second kappa shape index (κ2) is 9.41. The van der Waals surface area contributed by atoms with E-state index < -0.39 is 41.3 Å². The lowest BCUT2D eigenvalue weighted by Crippen LogP contribution is -2.36. The smallest absolute Gasteiger partial charge is 0.404 e. The maximum Gasteiger partial charge on any atom is 0.459 e. The topological polar surface area (TPSA) is 85.3 Å². The Morgan fingerprint density at radius 2 is 1.91 bits per heavy atom. The van der Waals surface area contributed by atoms with Gasteiger partial charge in [-0.25, -0.2) is 9.67 Å². The van der Waals surface area contributed by atoms with E-state index in [4.69, 9.17) is 17.3 Å². The molecule has 0 atom stereocenters. The van der Waals surface area contributed by atoms with E-state index in [1.54, 1.807) is 0 Å². The number of aliphatic imine (C=N–C) groups is 1. The van der Waals surface area contributed by atoms with Crippen LogP contribution in [0.2, 0.25) is 4.34 Å². The van der Waals surface area contributed by atoms with Crippen molar-refractivity contribution in [3.63, 3.8) is 0 Å². The molecular formula is C19H16ClF8N5OS. The largest absolute Gasteiger partial charge is 0.459 e. The molecule has 16 heteroatoms. The van der Waals surface area contributed by atoms with Gasteiger partial charge in [0, 0.05) is 36.5 Å². The number of alkyl halides is 8. The maximum atomic E-state index is 13.8. The summed E-state index contributed by atoms with van der Waals surface area (Å²) in [6.45, 7) is 0.451. The Kier molecular flexibility index (Phi) is 7.24. The molecule has 3 N–H and O–H groups in total. The molecule has 1 aliphatic carbocycles. The third kappa shape index (κ3) is 5.60. The number of aryl methyl sites for hydroxylation is 1. The van der Waals surface area contributed by atoms with Crippen molar-refractivity contribution >= 4 is 46.5 Å². The van der Waals surface area contributed by atoms with E-state index in [1.165, 1.54) is 6.07 Å². The van der Waals surface area contributed by atoms with Crippen molar-refractivity contribution in [2.24, 2.45) is 23.7 Å². The number of hydrogen-bond acceptors (Lipinski definition) is 5. The van der Waals surface area contributed by atoms with Crippen LogP contribution in [0.5, 0.6) is 0 Å². The summed E-state index contributed by atoms with van der Waals surface area (Å²) in [6, 6.07) is 1.30. The highest BCUT2D eigenvalue weighted by atomic mass is 35.5. The van der Waals surface area contributed by atoms with Crippen molar-refractivity contribution in [1.29, 1.82) is 0 Å². The first-order valence-corrected chi connectivity index (χ1v) is 10.9. The molecule has 3 rings (SSSR count). The third-order valence-corrected chi connectivity index (χ3v) is 6.33. The number of nitrogens with one attached hydrogen (secondary N) is 1. The van der Waals surface area contributed by atoms with Crippen LogP contribution in [-0.2, 0) is 19.1 Å². The number of thiophene rings is 1. The molecule has 0 unspecified atom stereocenters. The fourth-order valence-electron chi connectivity index (χ4n) is 2.92. The number of carbonyl (C=O) groups is 1. The van der Waals surface area contributed by atoms with Gasteiger partial charge in [0.2, 0.25) is 0 Å². The summed E-state index contributed by atoms with van der Waals surface area (Å²) in [6.07, 6.45) is -8.37. The Morgan fingerprint density at radius 1 is 1.29 bits per heavy atom. The van der Waals surface area contributed by atoms with E-state index in [0.29, 0.717) is 12.5 Å². The average Bonchev–Trinajstić information content (AvgIpc) is 3.39. The highest BCUT2D eigenvalue weighted by Crippen LogP contribution is 2.50. The van der Waals surface area contributed by atoms with Gasteiger partial charge in [-0.15, -0.1) is 11.3 Å². The van der Waals surface area contributed by atoms with Crippen LogP contribution in [0.25, 0.3) is 5.57 Å². The monoisotopic (exact) mass is 549 g/mol. The van der Waals surface area contributed by atoms with E-state index in [2.05, 4.69) is 15.4 Å². The molecule has 2 heterocycles. The number of hydrogen-bond donors (Lipinski definition) is 2. The molecule has 35 heavy (non-hydrogen) atoms. The highest BCUT2D eigenvalue weighted by Gasteiger charge is 2.64. The zero-order chi connectivity index (χ0) is 26.3. The minimum absolute atomic E-state index is 0.0460. The van der Waals surface area contributed by atoms with Gasteiger partial charge in [0.1, 0.15) is 9.90 Å². The third-order valence-electron chi connectivity index (χ3n) is 4.92. The first-order valence-electron chi connectivity index (χ1n) is 9.71. The number of nitrogens with two attached hydrogens (primary N) is 1. The SMILES string of the molecule is Cn1nc(C(F)(F)C(F)(F)F)c(C(F)(F)F)c1N=CC(=CN)c1cc(C(=O)NCC2CC2)c(Cl)s1. The molecule has 1 fully saturated rings. The van der Waals surface area contributed by atoms with Crippen molar-refractivity contribution in [3.8, 4) is 0 Å². The number of aromatic nitrogens is 2. The zero-order valence-corrected chi connectivity index (χ0v) is 19.1. The summed E-state index contributed by atoms with van der Waals surface area (Å²) in [7, 11) is 0.730. The van der Waals surface area contributed by atoms with Crippen molar-refractivity contribution in [2.75, 3.05) is 6.54 Å². The minimum Gasteiger partial charge on any atom is -0.404 e. The fraction of sp³-hybridized carbons (Fsp3) is 0.421. The molecule has 0 aliphatic heterocycles. The number of nitrogens with zero attached hydrogens (tertiary/aromatic N) is 3. The summed E-state index contributed by atoms with van der Waals surface area (Å²) in [5.41, 5.74) is 0.625. The lowest BCUT2D eigenvalue weighted by Gasteiger charge is -2.19. The van der Waals surface area contributed by atoms with Crippen LogP contribution in [-0.4, -0.2) is 34.6 Å². The van der Waals surface area contributed by atoms with Gasteiger partial charge in [-0.2, -0.15) is 40.2 Å². The second-order valence-electron chi connectivity index (χ2n) is 7.57. The number of rotatable bonds is 7. The molecule has 1 aliphatic rings. The molecule has 6 nitrogen and oxygen atoms in total. The Hall–Kier alpha value is -2.68. The van der Waals surface area contributed by atoms with E-state index in [9.17, 15) is 39.9 Å². The predicted octanol–water partition coefficient (Wildman–Crippen LogP) is 5.65. The first-order chi connectivity index (χ1) is 16.1. The number of carbonyl (C=O) groups excluding carboxylic acids is 1. The van der Waals surface area contributed by atoms with Gasteiger partial charge in [0.15, 0.2) is 11.5 Å². The molecular weight excluding hydrogens is 534 g/mol. The normalized spacial score (nSPS) is 15.8. The molecule has 0 aromatic carbocycles. The Labute approximate surface area is 201 Å². The van der Waals surface area contributed by atoms with Crippen LogP contribution in [0.4, 0.5) is 40.9 Å².